The Balaban J connectivity index is 1.40. The zero-order chi connectivity index (χ0) is 30.8. The summed E-state index contributed by atoms with van der Waals surface area (Å²) in [5.41, 5.74) is 2.57. The van der Waals surface area contributed by atoms with E-state index in [1.54, 1.807) is 4.57 Å². The fourth-order valence-electron chi connectivity index (χ4n) is 5.99. The van der Waals surface area contributed by atoms with Gasteiger partial charge in [-0.1, -0.05) is 35.0 Å². The molecule has 1 aromatic carbocycles. The molecule has 11 heteroatoms. The lowest BCUT2D eigenvalue weighted by molar-refractivity contribution is -0.163. The van der Waals surface area contributed by atoms with Gasteiger partial charge in [0.2, 0.25) is 5.88 Å². The molecule has 3 aromatic heterocycles. The number of hydrogen-bond donors (Lipinski definition) is 0. The smallest absolute Gasteiger partial charge is 0.332 e. The van der Waals surface area contributed by atoms with Crippen molar-refractivity contribution in [1.29, 1.82) is 0 Å². The Morgan fingerprint density at radius 2 is 1.82 bits per heavy atom. The number of benzene rings is 1. The minimum Gasteiger partial charge on any atom is -0.474 e. The normalized spacial score (nSPS) is 20.1. The Hall–Kier alpha value is -3.28. The van der Waals surface area contributed by atoms with Gasteiger partial charge >= 0.3 is 5.69 Å². The zero-order valence-electron chi connectivity index (χ0n) is 25.6. The van der Waals surface area contributed by atoms with Crippen LogP contribution in [0.3, 0.4) is 0 Å². The standard InChI is InChI=1S/C33H40BrN5O5/c1-4-37-31-29(32(40)38(33(37)41)17-7-19-43-28-8-5-6-18-42-28)39(20-23-10-12-24(34)13-11-23)30(36-31)25-14-16-27(35-22(25)3)44-26-15-9-21(26)2/h10-14,16,21,26,28H,4-9,15,17-20H2,1-3H3. The fourth-order valence-corrected chi connectivity index (χ4v) is 6.26. The molecule has 0 spiro atoms. The minimum atomic E-state index is -0.369. The van der Waals surface area contributed by atoms with Gasteiger partial charge in [0.25, 0.3) is 5.56 Å². The van der Waals surface area contributed by atoms with Crippen molar-refractivity contribution in [1.82, 2.24) is 23.7 Å². The quantitative estimate of drug-likeness (QED) is 0.190. The molecule has 2 aliphatic rings. The highest BCUT2D eigenvalue weighted by molar-refractivity contribution is 9.10. The second-order valence-electron chi connectivity index (χ2n) is 11.8. The third kappa shape index (κ3) is 6.27. The van der Waals surface area contributed by atoms with Crippen LogP contribution in [0.15, 0.2) is 50.5 Å². The van der Waals surface area contributed by atoms with Crippen molar-refractivity contribution in [3.63, 3.8) is 0 Å². The summed E-state index contributed by atoms with van der Waals surface area (Å²) in [4.78, 5) is 37.5. The number of pyridine rings is 1. The van der Waals surface area contributed by atoms with Crippen LogP contribution in [0.1, 0.15) is 63.6 Å². The van der Waals surface area contributed by atoms with E-state index in [-0.39, 0.29) is 30.2 Å². The van der Waals surface area contributed by atoms with Crippen LogP contribution >= 0.6 is 15.9 Å². The van der Waals surface area contributed by atoms with Crippen molar-refractivity contribution < 1.29 is 14.2 Å². The van der Waals surface area contributed by atoms with Gasteiger partial charge in [-0.3, -0.25) is 13.9 Å². The number of imidazole rings is 1. The Kier molecular flexibility index (Phi) is 9.34. The van der Waals surface area contributed by atoms with Gasteiger partial charge in [0.1, 0.15) is 11.9 Å². The monoisotopic (exact) mass is 665 g/mol. The van der Waals surface area contributed by atoms with Crippen LogP contribution < -0.4 is 16.0 Å². The summed E-state index contributed by atoms with van der Waals surface area (Å²) in [7, 11) is 0. The predicted molar refractivity (Wildman–Crippen MR) is 172 cm³/mol. The van der Waals surface area contributed by atoms with E-state index >= 15 is 0 Å². The molecule has 44 heavy (non-hydrogen) atoms. The maximum atomic E-state index is 14.1. The van der Waals surface area contributed by atoms with Crippen molar-refractivity contribution in [2.75, 3.05) is 13.2 Å². The second kappa shape index (κ2) is 13.4. The molecule has 4 aromatic rings. The average molecular weight is 667 g/mol. The van der Waals surface area contributed by atoms with Gasteiger partial charge in [0, 0.05) is 42.3 Å². The number of rotatable bonds is 11. The van der Waals surface area contributed by atoms with Gasteiger partial charge in [-0.15, -0.1) is 0 Å². The number of halogens is 1. The Bertz CT molecular complexity index is 1740. The zero-order valence-corrected chi connectivity index (χ0v) is 27.2. The molecule has 1 aliphatic heterocycles. The van der Waals surface area contributed by atoms with Crippen molar-refractivity contribution in [3.05, 3.63) is 73.0 Å². The van der Waals surface area contributed by atoms with Crippen LogP contribution in [0.25, 0.3) is 22.6 Å². The van der Waals surface area contributed by atoms with Crippen molar-refractivity contribution in [3.8, 4) is 17.3 Å². The van der Waals surface area contributed by atoms with Crippen LogP contribution in [-0.4, -0.2) is 49.3 Å². The first kappa shape index (κ1) is 30.7. The maximum absolute atomic E-state index is 14.1. The highest BCUT2D eigenvalue weighted by atomic mass is 79.9. The highest BCUT2D eigenvalue weighted by Gasteiger charge is 2.29. The summed E-state index contributed by atoms with van der Waals surface area (Å²) in [5, 5.41) is 0. The summed E-state index contributed by atoms with van der Waals surface area (Å²) in [6.07, 6.45) is 5.69. The summed E-state index contributed by atoms with van der Waals surface area (Å²) in [6, 6.07) is 11.8. The number of aromatic nitrogens is 5. The molecule has 0 bridgehead atoms. The van der Waals surface area contributed by atoms with E-state index in [9.17, 15) is 9.59 Å². The van der Waals surface area contributed by atoms with Gasteiger partial charge in [-0.25, -0.2) is 14.8 Å². The molecular formula is C33H40BrN5O5. The van der Waals surface area contributed by atoms with Gasteiger partial charge < -0.3 is 18.8 Å². The summed E-state index contributed by atoms with van der Waals surface area (Å²) >= 11 is 3.51. The Labute approximate surface area is 265 Å². The summed E-state index contributed by atoms with van der Waals surface area (Å²) in [5.74, 6) is 1.70. The molecule has 6 rings (SSSR count). The lowest BCUT2D eigenvalue weighted by Crippen LogP contribution is -2.40. The molecule has 1 saturated carbocycles. The van der Waals surface area contributed by atoms with Crippen LogP contribution in [0.5, 0.6) is 5.88 Å². The number of nitrogens with zero attached hydrogens (tertiary/aromatic N) is 5. The number of ether oxygens (including phenoxy) is 3. The minimum absolute atomic E-state index is 0.188. The van der Waals surface area contributed by atoms with E-state index in [1.807, 2.05) is 54.8 Å². The first-order valence-corrected chi connectivity index (χ1v) is 16.5. The van der Waals surface area contributed by atoms with Crippen LogP contribution in [0, 0.1) is 12.8 Å². The van der Waals surface area contributed by atoms with Crippen LogP contribution in [0.2, 0.25) is 0 Å². The molecular weight excluding hydrogens is 626 g/mol. The van der Waals surface area contributed by atoms with E-state index < -0.39 is 0 Å². The third-order valence-electron chi connectivity index (χ3n) is 8.77. The van der Waals surface area contributed by atoms with E-state index in [0.717, 1.165) is 47.0 Å². The predicted octanol–water partition coefficient (Wildman–Crippen LogP) is 5.67. The number of hydrogen-bond acceptors (Lipinski definition) is 7. The largest absolute Gasteiger partial charge is 0.474 e. The molecule has 0 N–H and O–H groups in total. The first-order chi connectivity index (χ1) is 21.3. The van der Waals surface area contributed by atoms with Crippen molar-refractivity contribution >= 4 is 27.1 Å². The molecule has 234 valence electrons. The maximum Gasteiger partial charge on any atom is 0.332 e. The van der Waals surface area contributed by atoms with Crippen molar-refractivity contribution in [2.24, 2.45) is 5.92 Å². The van der Waals surface area contributed by atoms with Crippen LogP contribution in [-0.2, 0) is 29.1 Å². The summed E-state index contributed by atoms with van der Waals surface area (Å²) < 4.78 is 23.5. The summed E-state index contributed by atoms with van der Waals surface area (Å²) in [6.45, 7) is 8.14. The van der Waals surface area contributed by atoms with Gasteiger partial charge in [0.05, 0.1) is 12.3 Å². The molecule has 1 saturated heterocycles. The number of aryl methyl sites for hydroxylation is 2. The van der Waals surface area contributed by atoms with E-state index in [0.29, 0.717) is 61.5 Å². The number of fused-ring (bicyclic) bond motifs is 1. The van der Waals surface area contributed by atoms with Gasteiger partial charge in [-0.05, 0) is 82.1 Å². The molecule has 3 unspecified atom stereocenters. The molecule has 1 aliphatic carbocycles. The fraction of sp³-hybridized carbons (Fsp3) is 0.515. The molecule has 0 amide bonds. The topological polar surface area (TPSA) is 102 Å². The first-order valence-electron chi connectivity index (χ1n) is 15.7. The van der Waals surface area contributed by atoms with E-state index in [2.05, 4.69) is 22.9 Å². The molecule has 2 fully saturated rings. The van der Waals surface area contributed by atoms with E-state index in [4.69, 9.17) is 24.2 Å². The third-order valence-corrected chi connectivity index (χ3v) is 9.30. The average Bonchev–Trinajstić information content (AvgIpc) is 3.39. The Morgan fingerprint density at radius 1 is 1.00 bits per heavy atom. The van der Waals surface area contributed by atoms with Crippen LogP contribution in [0.4, 0.5) is 0 Å². The lowest BCUT2D eigenvalue weighted by Gasteiger charge is -2.33. The highest BCUT2D eigenvalue weighted by Crippen LogP contribution is 2.32. The van der Waals surface area contributed by atoms with E-state index in [1.165, 1.54) is 11.0 Å². The second-order valence-corrected chi connectivity index (χ2v) is 12.7. The Morgan fingerprint density at radius 3 is 2.48 bits per heavy atom. The SMILES string of the molecule is CCn1c(=O)n(CCCOC2CCCCO2)c(=O)c2c1nc(-c1ccc(OC3CCC3C)nc1C)n2Cc1ccc(Br)cc1. The molecule has 3 atom stereocenters. The molecule has 10 nitrogen and oxygen atoms in total. The van der Waals surface area contributed by atoms with Crippen molar-refractivity contribution in [2.45, 2.75) is 91.3 Å². The molecule has 0 radical (unpaired) electrons. The van der Waals surface area contributed by atoms with Gasteiger partial charge in [0.15, 0.2) is 17.5 Å². The lowest BCUT2D eigenvalue weighted by atomic mass is 9.84. The molecule has 4 heterocycles. The van der Waals surface area contributed by atoms with Gasteiger partial charge in [-0.2, -0.15) is 0 Å².